The molecule has 9 heteroatoms. The highest BCUT2D eigenvalue weighted by molar-refractivity contribution is 5.92. The zero-order chi connectivity index (χ0) is 17.9. The molecule has 26 heavy (non-hydrogen) atoms. The van der Waals surface area contributed by atoms with E-state index < -0.39 is 0 Å². The first-order valence-corrected chi connectivity index (χ1v) is 8.74. The van der Waals surface area contributed by atoms with Gasteiger partial charge >= 0.3 is 0 Å². The molecule has 1 N–H and O–H groups in total. The van der Waals surface area contributed by atoms with Gasteiger partial charge in [-0.3, -0.25) is 9.36 Å². The Kier molecular flexibility index (Phi) is 4.42. The third kappa shape index (κ3) is 3.19. The number of hydrogen-bond acceptors (Lipinski definition) is 6. The summed E-state index contributed by atoms with van der Waals surface area (Å²) in [7, 11) is 0. The minimum Gasteiger partial charge on any atom is -0.341 e. The molecule has 0 spiro atoms. The third-order valence-electron chi connectivity index (χ3n) is 4.70. The maximum Gasteiger partial charge on any atom is 0.270 e. The van der Waals surface area contributed by atoms with Crippen LogP contribution in [0.25, 0.3) is 5.82 Å². The molecule has 3 aromatic heterocycles. The number of nitrogens with one attached hydrogen (secondary N) is 1. The molecule has 134 valence electrons. The van der Waals surface area contributed by atoms with Crippen molar-refractivity contribution in [1.82, 2.24) is 39.8 Å². The highest BCUT2D eigenvalue weighted by atomic mass is 16.2. The van der Waals surface area contributed by atoms with Crippen LogP contribution in [0.1, 0.15) is 61.0 Å². The van der Waals surface area contributed by atoms with E-state index in [0.717, 1.165) is 18.7 Å². The number of amides is 1. The van der Waals surface area contributed by atoms with E-state index in [9.17, 15) is 4.79 Å². The SMILES string of the molecule is C[C@@H](NC(=O)c1cccc(-n2cnnc2)n1)c1nncn1C1CCCC1. The van der Waals surface area contributed by atoms with Gasteiger partial charge in [0.2, 0.25) is 0 Å². The summed E-state index contributed by atoms with van der Waals surface area (Å²) in [5.41, 5.74) is 0.329. The second kappa shape index (κ2) is 7.03. The maximum absolute atomic E-state index is 12.6. The van der Waals surface area contributed by atoms with Crippen molar-refractivity contribution in [3.8, 4) is 5.82 Å². The molecule has 1 fully saturated rings. The molecule has 1 saturated carbocycles. The molecule has 0 unspecified atom stereocenters. The first-order chi connectivity index (χ1) is 12.7. The van der Waals surface area contributed by atoms with E-state index in [1.54, 1.807) is 29.1 Å². The lowest BCUT2D eigenvalue weighted by Crippen LogP contribution is -2.30. The molecular weight excluding hydrogens is 332 g/mol. The Morgan fingerprint density at radius 3 is 2.69 bits per heavy atom. The molecule has 3 aromatic rings. The van der Waals surface area contributed by atoms with Crippen molar-refractivity contribution in [2.24, 2.45) is 0 Å². The van der Waals surface area contributed by atoms with Crippen molar-refractivity contribution < 1.29 is 4.79 Å². The monoisotopic (exact) mass is 352 g/mol. The lowest BCUT2D eigenvalue weighted by molar-refractivity contribution is 0.0932. The summed E-state index contributed by atoms with van der Waals surface area (Å²) in [5, 5.41) is 18.8. The van der Waals surface area contributed by atoms with Gasteiger partial charge in [0, 0.05) is 6.04 Å². The molecule has 1 aliphatic rings. The van der Waals surface area contributed by atoms with E-state index in [0.29, 0.717) is 17.6 Å². The van der Waals surface area contributed by atoms with Gasteiger partial charge in [0.1, 0.15) is 30.5 Å². The molecular formula is C17H20N8O. The topological polar surface area (TPSA) is 103 Å². The van der Waals surface area contributed by atoms with Gasteiger partial charge < -0.3 is 9.88 Å². The fraction of sp³-hybridized carbons (Fsp3) is 0.412. The highest BCUT2D eigenvalue weighted by Gasteiger charge is 2.24. The number of carbonyl (C=O) groups is 1. The second-order valence-corrected chi connectivity index (χ2v) is 6.48. The van der Waals surface area contributed by atoms with Gasteiger partial charge in [0.25, 0.3) is 5.91 Å². The summed E-state index contributed by atoms with van der Waals surface area (Å²) in [4.78, 5) is 17.0. The van der Waals surface area contributed by atoms with E-state index in [1.165, 1.54) is 25.5 Å². The summed E-state index contributed by atoms with van der Waals surface area (Å²) in [5.74, 6) is 1.11. The van der Waals surface area contributed by atoms with Crippen molar-refractivity contribution in [1.29, 1.82) is 0 Å². The minimum atomic E-state index is -0.258. The Bertz CT molecular complexity index is 882. The van der Waals surface area contributed by atoms with Gasteiger partial charge in [0.05, 0.1) is 6.04 Å². The molecule has 1 amide bonds. The lowest BCUT2D eigenvalue weighted by atomic mass is 10.2. The molecule has 0 saturated heterocycles. The predicted molar refractivity (Wildman–Crippen MR) is 92.6 cm³/mol. The van der Waals surface area contributed by atoms with Crippen molar-refractivity contribution in [3.05, 3.63) is 48.7 Å². The zero-order valence-corrected chi connectivity index (χ0v) is 14.5. The van der Waals surface area contributed by atoms with Gasteiger partial charge in [-0.05, 0) is 31.9 Å². The Hall–Kier alpha value is -3.10. The minimum absolute atomic E-state index is 0.256. The summed E-state index contributed by atoms with van der Waals surface area (Å²) in [6, 6.07) is 5.42. The molecule has 3 heterocycles. The van der Waals surface area contributed by atoms with Crippen molar-refractivity contribution >= 4 is 5.91 Å². The summed E-state index contributed by atoms with van der Waals surface area (Å²) >= 11 is 0. The summed E-state index contributed by atoms with van der Waals surface area (Å²) in [6.07, 6.45) is 9.56. The Morgan fingerprint density at radius 2 is 1.92 bits per heavy atom. The fourth-order valence-electron chi connectivity index (χ4n) is 3.37. The van der Waals surface area contributed by atoms with Crippen LogP contribution in [0.15, 0.2) is 37.2 Å². The van der Waals surface area contributed by atoms with E-state index in [1.807, 2.05) is 6.92 Å². The first kappa shape index (κ1) is 16.4. The fourth-order valence-corrected chi connectivity index (χ4v) is 3.37. The van der Waals surface area contributed by atoms with Crippen LogP contribution >= 0.6 is 0 Å². The number of carbonyl (C=O) groups excluding carboxylic acids is 1. The molecule has 4 rings (SSSR count). The van der Waals surface area contributed by atoms with Crippen LogP contribution in [0, 0.1) is 0 Å². The largest absolute Gasteiger partial charge is 0.341 e. The van der Waals surface area contributed by atoms with Crippen molar-refractivity contribution in [3.63, 3.8) is 0 Å². The molecule has 0 aliphatic heterocycles. The predicted octanol–water partition coefficient (Wildman–Crippen LogP) is 1.86. The number of hydrogen-bond donors (Lipinski definition) is 1. The second-order valence-electron chi connectivity index (χ2n) is 6.48. The van der Waals surface area contributed by atoms with Crippen LogP contribution in [0.5, 0.6) is 0 Å². The summed E-state index contributed by atoms with van der Waals surface area (Å²) < 4.78 is 3.75. The van der Waals surface area contributed by atoms with Crippen LogP contribution in [0.3, 0.4) is 0 Å². The van der Waals surface area contributed by atoms with Gasteiger partial charge in [-0.15, -0.1) is 20.4 Å². The third-order valence-corrected chi connectivity index (χ3v) is 4.70. The Morgan fingerprint density at radius 1 is 1.15 bits per heavy atom. The van der Waals surface area contributed by atoms with Crippen LogP contribution in [0.4, 0.5) is 0 Å². The highest BCUT2D eigenvalue weighted by Crippen LogP contribution is 2.31. The number of nitrogens with zero attached hydrogens (tertiary/aromatic N) is 7. The van der Waals surface area contributed by atoms with Crippen molar-refractivity contribution in [2.75, 3.05) is 0 Å². The smallest absolute Gasteiger partial charge is 0.270 e. The van der Waals surface area contributed by atoms with Crippen LogP contribution < -0.4 is 5.32 Å². The van der Waals surface area contributed by atoms with Crippen molar-refractivity contribution in [2.45, 2.75) is 44.7 Å². The number of aromatic nitrogens is 7. The van der Waals surface area contributed by atoms with E-state index in [2.05, 4.69) is 35.3 Å². The van der Waals surface area contributed by atoms with E-state index in [4.69, 9.17) is 0 Å². The zero-order valence-electron chi connectivity index (χ0n) is 14.5. The molecule has 1 atom stereocenters. The normalized spacial score (nSPS) is 15.9. The van der Waals surface area contributed by atoms with Crippen LogP contribution in [0.2, 0.25) is 0 Å². The standard InChI is InChI=1S/C17H20N8O/c1-12(16-23-20-11-25(16)13-5-2-3-6-13)21-17(26)14-7-4-8-15(22-14)24-9-18-19-10-24/h4,7-13H,2-3,5-6H2,1H3,(H,21,26)/t12-/m1/s1. The molecule has 0 bridgehead atoms. The van der Waals surface area contributed by atoms with Gasteiger partial charge in [-0.2, -0.15) is 0 Å². The lowest BCUT2D eigenvalue weighted by Gasteiger charge is -2.18. The molecule has 1 aliphatic carbocycles. The average Bonchev–Trinajstić information content (AvgIpc) is 3.43. The van der Waals surface area contributed by atoms with E-state index in [-0.39, 0.29) is 11.9 Å². The number of rotatable bonds is 5. The maximum atomic E-state index is 12.6. The quantitative estimate of drug-likeness (QED) is 0.752. The molecule has 9 nitrogen and oxygen atoms in total. The first-order valence-electron chi connectivity index (χ1n) is 8.74. The molecule has 0 aromatic carbocycles. The number of pyridine rings is 1. The van der Waals surface area contributed by atoms with Crippen LogP contribution in [-0.2, 0) is 0 Å². The Balaban J connectivity index is 1.50. The van der Waals surface area contributed by atoms with E-state index >= 15 is 0 Å². The average molecular weight is 352 g/mol. The van der Waals surface area contributed by atoms with Gasteiger partial charge in [0.15, 0.2) is 5.82 Å². The molecule has 0 radical (unpaired) electrons. The summed E-state index contributed by atoms with van der Waals surface area (Å²) in [6.45, 7) is 1.91. The van der Waals surface area contributed by atoms with Crippen LogP contribution in [-0.4, -0.2) is 40.4 Å². The van der Waals surface area contributed by atoms with Gasteiger partial charge in [-0.1, -0.05) is 18.9 Å². The Labute approximate surface area is 150 Å². The van der Waals surface area contributed by atoms with Gasteiger partial charge in [-0.25, -0.2) is 4.98 Å².